The summed E-state index contributed by atoms with van der Waals surface area (Å²) >= 11 is 17.2. The minimum absolute atomic E-state index is 1.07. The van der Waals surface area contributed by atoms with Crippen molar-refractivity contribution >= 4 is 96.3 Å². The third-order valence-corrected chi connectivity index (χ3v) is 15.7. The van der Waals surface area contributed by atoms with E-state index < -0.39 is 0 Å². The number of halogens is 3. The largest absolute Gasteiger partial charge is 0.368 e. The number of hydrogen-bond acceptors (Lipinski definition) is 7. The molecular formula is C50H59Br2IN4S3. The number of anilines is 1. The fraction of sp³-hybridized carbons (Fsp3) is 0.280. The highest BCUT2D eigenvalue weighted by molar-refractivity contribution is 14.1. The number of rotatable bonds is 5. The molecule has 3 N–H and O–H groups in total. The van der Waals surface area contributed by atoms with Gasteiger partial charge in [-0.15, -0.1) is 12.6 Å². The van der Waals surface area contributed by atoms with Gasteiger partial charge in [-0.3, -0.25) is 0 Å². The van der Waals surface area contributed by atoms with Crippen molar-refractivity contribution in [3.05, 3.63) is 173 Å². The number of thiol groups is 1. The minimum Gasteiger partial charge on any atom is -0.368 e. The zero-order valence-corrected chi connectivity index (χ0v) is 43.5. The third-order valence-electron chi connectivity index (χ3n) is 9.39. The molecular weight excluding hydrogens is 1040 g/mol. The van der Waals surface area contributed by atoms with Crippen LogP contribution in [0.1, 0.15) is 33.4 Å². The van der Waals surface area contributed by atoms with Crippen molar-refractivity contribution in [2.45, 2.75) is 66.0 Å². The number of aryl methyl sites for hydroxylation is 6. The summed E-state index contributed by atoms with van der Waals surface area (Å²) in [5.41, 5.74) is 9.24. The summed E-state index contributed by atoms with van der Waals surface area (Å²) in [4.78, 5) is 8.84. The second kappa shape index (κ2) is 27.7. The molecule has 4 nitrogen and oxygen atoms in total. The zero-order valence-electron chi connectivity index (χ0n) is 35.6. The molecule has 0 radical (unpaired) electrons. The van der Waals surface area contributed by atoms with Gasteiger partial charge < -0.3 is 20.9 Å². The monoisotopic (exact) mass is 1100 g/mol. The van der Waals surface area contributed by atoms with Crippen molar-refractivity contribution in [3.63, 3.8) is 0 Å². The van der Waals surface area contributed by atoms with Gasteiger partial charge in [0.05, 0.1) is 5.69 Å². The van der Waals surface area contributed by atoms with Crippen molar-refractivity contribution < 1.29 is 0 Å². The number of benzene rings is 6. The van der Waals surface area contributed by atoms with Crippen LogP contribution in [-0.4, -0.2) is 52.4 Å². The van der Waals surface area contributed by atoms with E-state index >= 15 is 0 Å². The summed E-state index contributed by atoms with van der Waals surface area (Å²) in [6.07, 6.45) is 0. The van der Waals surface area contributed by atoms with Gasteiger partial charge in [-0.25, -0.2) is 0 Å². The molecule has 2 saturated heterocycles. The first-order valence-electron chi connectivity index (χ1n) is 20.3. The average Bonchev–Trinajstić information content (AvgIpc) is 3.25. The van der Waals surface area contributed by atoms with E-state index in [2.05, 4.69) is 227 Å². The molecule has 10 heteroatoms. The van der Waals surface area contributed by atoms with Crippen LogP contribution in [0.25, 0.3) is 0 Å². The Morgan fingerprint density at radius 1 is 0.483 bits per heavy atom. The third kappa shape index (κ3) is 18.2. The molecule has 0 bridgehead atoms. The molecule has 0 aliphatic carbocycles. The van der Waals surface area contributed by atoms with E-state index in [9.17, 15) is 0 Å². The molecule has 0 aromatic heterocycles. The van der Waals surface area contributed by atoms with Gasteiger partial charge in [0.15, 0.2) is 0 Å². The van der Waals surface area contributed by atoms with Crippen LogP contribution in [0.2, 0.25) is 0 Å². The molecule has 60 heavy (non-hydrogen) atoms. The molecule has 2 aliphatic heterocycles. The molecule has 2 fully saturated rings. The molecule has 8 rings (SSSR count). The lowest BCUT2D eigenvalue weighted by molar-refractivity contribution is 0.534. The lowest BCUT2D eigenvalue weighted by Crippen LogP contribution is -2.43. The fourth-order valence-electron chi connectivity index (χ4n) is 6.15. The fourth-order valence-corrected chi connectivity index (χ4v) is 9.44. The summed E-state index contributed by atoms with van der Waals surface area (Å²) in [5.74, 6) is 0. The van der Waals surface area contributed by atoms with Crippen LogP contribution in [0.5, 0.6) is 0 Å². The average molecular weight is 1100 g/mol. The Morgan fingerprint density at radius 2 is 0.917 bits per heavy atom. The van der Waals surface area contributed by atoms with Gasteiger partial charge in [-0.1, -0.05) is 113 Å². The standard InChI is InChI=1S/C18H22N2S.C14H13BrS.C8H10S.C6H4BrI.C4H10N2/c1-14-7-8-17(15(2)13-14)21-18-6-4-3-5-16(18)20-11-9-19-10-12-20;1-10-7-8-13(11(2)9-10)16-14-6-4-3-5-12(14)15;1-6-3-4-8(9)7(2)5-6;7-5-3-1-2-4-6(5)8;1-2-6-4-3-5-1/h3-8,13,19H,9-12H2,1-2H3;3-9H,1-2H3;3-5,9H,1-2H3;1-4H;5-6H,1-4H2. The predicted octanol–water partition coefficient (Wildman–Crippen LogP) is 13.9. The topological polar surface area (TPSA) is 39.3 Å². The van der Waals surface area contributed by atoms with E-state index in [0.29, 0.717) is 0 Å². The zero-order chi connectivity index (χ0) is 43.3. The van der Waals surface area contributed by atoms with Crippen LogP contribution in [0.4, 0.5) is 5.69 Å². The summed E-state index contributed by atoms with van der Waals surface area (Å²) in [7, 11) is 0. The maximum Gasteiger partial charge on any atom is 0.0508 e. The van der Waals surface area contributed by atoms with Gasteiger partial charge in [0.2, 0.25) is 0 Å². The highest BCUT2D eigenvalue weighted by Gasteiger charge is 2.15. The van der Waals surface area contributed by atoms with E-state index in [0.717, 1.165) is 61.7 Å². The van der Waals surface area contributed by atoms with E-state index in [1.807, 2.05) is 42.1 Å². The highest BCUT2D eigenvalue weighted by Crippen LogP contribution is 2.37. The summed E-state index contributed by atoms with van der Waals surface area (Å²) in [5, 5.41) is 9.86. The molecule has 2 aliphatic rings. The normalized spacial score (nSPS) is 13.2. The number of piperazine rings is 2. The van der Waals surface area contributed by atoms with Crippen molar-refractivity contribution in [2.24, 2.45) is 0 Å². The van der Waals surface area contributed by atoms with Crippen molar-refractivity contribution in [2.75, 3.05) is 57.3 Å². The first-order valence-corrected chi connectivity index (χ1v) is 25.0. The number of para-hydroxylation sites is 1. The Hall–Kier alpha value is -2.26. The van der Waals surface area contributed by atoms with Crippen LogP contribution >= 0.6 is 90.6 Å². The minimum atomic E-state index is 1.07. The maximum absolute atomic E-state index is 4.25. The molecule has 0 atom stereocenters. The molecule has 6 aromatic carbocycles. The van der Waals surface area contributed by atoms with Crippen LogP contribution in [0.3, 0.4) is 0 Å². The Kier molecular flexibility index (Phi) is 23.3. The van der Waals surface area contributed by atoms with Crippen molar-refractivity contribution in [1.29, 1.82) is 0 Å². The van der Waals surface area contributed by atoms with Gasteiger partial charge in [-0.2, -0.15) is 0 Å². The second-order valence-corrected chi connectivity index (χ2v) is 20.1. The quantitative estimate of drug-likeness (QED) is 0.102. The molecule has 0 spiro atoms. The SMILES string of the molecule is Brc1ccccc1I.C1CNCCN1.Cc1ccc(S)c(C)c1.Cc1ccc(Sc2ccccc2Br)c(C)c1.Cc1ccc(Sc2ccccc2N2CCNCC2)c(C)c1. The number of nitrogens with one attached hydrogen (secondary N) is 3. The predicted molar refractivity (Wildman–Crippen MR) is 282 cm³/mol. The van der Waals surface area contributed by atoms with Crippen LogP contribution < -0.4 is 20.9 Å². The molecule has 0 amide bonds. The maximum atomic E-state index is 4.25. The van der Waals surface area contributed by atoms with Gasteiger partial charge in [0.25, 0.3) is 0 Å². The first-order chi connectivity index (χ1) is 28.9. The highest BCUT2D eigenvalue weighted by atomic mass is 127. The van der Waals surface area contributed by atoms with E-state index in [1.54, 1.807) is 11.8 Å². The molecule has 6 aromatic rings. The van der Waals surface area contributed by atoms with Gasteiger partial charge in [0.1, 0.15) is 0 Å². The van der Waals surface area contributed by atoms with Gasteiger partial charge in [0, 0.05) is 89.4 Å². The van der Waals surface area contributed by atoms with Crippen LogP contribution in [0, 0.1) is 45.1 Å². The Morgan fingerprint density at radius 3 is 1.37 bits per heavy atom. The summed E-state index contributed by atoms with van der Waals surface area (Å²) < 4.78 is 3.57. The molecule has 2 heterocycles. The van der Waals surface area contributed by atoms with Crippen LogP contribution in [0.15, 0.2) is 161 Å². The lowest BCUT2D eigenvalue weighted by Gasteiger charge is -2.31. The molecule has 318 valence electrons. The van der Waals surface area contributed by atoms with Crippen molar-refractivity contribution in [1.82, 2.24) is 16.0 Å². The number of hydrogen-bond donors (Lipinski definition) is 4. The second-order valence-electron chi connectivity index (χ2n) is 14.6. The van der Waals surface area contributed by atoms with E-state index in [-0.39, 0.29) is 0 Å². The van der Waals surface area contributed by atoms with Crippen LogP contribution in [-0.2, 0) is 0 Å². The Balaban J connectivity index is 0.000000179. The number of nitrogens with zero attached hydrogens (tertiary/aromatic N) is 1. The Bertz CT molecular complexity index is 2180. The van der Waals surface area contributed by atoms with E-state index in [4.69, 9.17) is 0 Å². The molecule has 0 saturated carbocycles. The Labute approximate surface area is 405 Å². The van der Waals surface area contributed by atoms with Gasteiger partial charge >= 0.3 is 0 Å². The van der Waals surface area contributed by atoms with Crippen molar-refractivity contribution in [3.8, 4) is 0 Å². The smallest absolute Gasteiger partial charge is 0.0508 e. The lowest BCUT2D eigenvalue weighted by atomic mass is 10.2. The first kappa shape index (κ1) is 50.4. The molecule has 0 unspecified atom stereocenters. The van der Waals surface area contributed by atoms with E-state index in [1.165, 1.54) is 66.7 Å². The van der Waals surface area contributed by atoms with Gasteiger partial charge in [-0.05, 0) is 167 Å². The summed E-state index contributed by atoms with van der Waals surface area (Å²) in [6.45, 7) is 21.7. The summed E-state index contributed by atoms with van der Waals surface area (Å²) in [6, 6.07) is 44.7.